The third-order valence-electron chi connectivity index (χ3n) is 9.02. The minimum absolute atomic E-state index is 0.230. The van der Waals surface area contributed by atoms with E-state index in [0.717, 1.165) is 58.5 Å². The average Bonchev–Trinajstić information content (AvgIpc) is 3.63. The fourth-order valence-corrected chi connectivity index (χ4v) is 6.51. The van der Waals surface area contributed by atoms with E-state index in [2.05, 4.69) is 51.0 Å². The maximum absolute atomic E-state index is 14.2. The molecule has 1 aliphatic rings. The van der Waals surface area contributed by atoms with Gasteiger partial charge in [-0.2, -0.15) is 5.10 Å². The maximum Gasteiger partial charge on any atom is 0.270 e. The molecule has 46 heavy (non-hydrogen) atoms. The molecule has 2 atom stereocenters. The number of aromatic nitrogens is 4. The number of carbonyl (C=O) groups excluding carboxylic acids is 2. The molecule has 0 radical (unpaired) electrons. The average molecular weight is 616 g/mol. The van der Waals surface area contributed by atoms with Gasteiger partial charge in [-0.25, -0.2) is 4.98 Å². The molecule has 1 aliphatic carbocycles. The first-order valence-electron chi connectivity index (χ1n) is 15.7. The number of amides is 2. The van der Waals surface area contributed by atoms with E-state index < -0.39 is 11.6 Å². The number of fused-ring (bicyclic) bond motifs is 1. The fraction of sp³-hybridized carbons (Fsp3) is 0.297. The van der Waals surface area contributed by atoms with Gasteiger partial charge in [0.1, 0.15) is 11.7 Å². The van der Waals surface area contributed by atoms with E-state index in [1.54, 1.807) is 25.6 Å². The number of nitrogens with two attached hydrogens (primary N) is 1. The molecule has 2 aromatic heterocycles. The standard InChI is InChI=1S/C37H41N7O2/c1-23-34(43(4)22-39-23)25-14-16-29(17-15-25)41-36(46)33(42-35(45)32-18-19-40-44(32)5)30-11-7-8-24-12-13-27(21-31(24)30)26-9-6-10-28(20-26)37(2,3)38/h6,9-10,12-22,30,33H,7-8,11,38H2,1-5H3,(H,41,46)(H,42,45)/t30-,33?/m1/s1. The van der Waals surface area contributed by atoms with Crippen LogP contribution >= 0.6 is 0 Å². The predicted molar refractivity (Wildman–Crippen MR) is 181 cm³/mol. The molecule has 2 amide bonds. The zero-order valence-electron chi connectivity index (χ0n) is 27.0. The van der Waals surface area contributed by atoms with Crippen LogP contribution in [0.15, 0.2) is 85.3 Å². The molecule has 9 heteroatoms. The minimum atomic E-state index is -0.815. The molecule has 0 fully saturated rings. The summed E-state index contributed by atoms with van der Waals surface area (Å²) >= 11 is 0. The molecule has 5 aromatic rings. The summed E-state index contributed by atoms with van der Waals surface area (Å²) in [5.74, 6) is -0.843. The molecule has 6 rings (SSSR count). The first-order valence-corrected chi connectivity index (χ1v) is 15.7. The summed E-state index contributed by atoms with van der Waals surface area (Å²) in [5.41, 5.74) is 15.4. The lowest BCUT2D eigenvalue weighted by Gasteiger charge is -2.32. The number of anilines is 1. The van der Waals surface area contributed by atoms with Gasteiger partial charge in [0.2, 0.25) is 5.91 Å². The number of nitrogens with one attached hydrogen (secondary N) is 2. The van der Waals surface area contributed by atoms with Crippen LogP contribution in [0.4, 0.5) is 5.69 Å². The quantitative estimate of drug-likeness (QED) is 0.202. The first-order chi connectivity index (χ1) is 22.0. The lowest BCUT2D eigenvalue weighted by molar-refractivity contribution is -0.118. The van der Waals surface area contributed by atoms with Crippen LogP contribution in [0, 0.1) is 6.92 Å². The van der Waals surface area contributed by atoms with Crippen molar-refractivity contribution >= 4 is 17.5 Å². The van der Waals surface area contributed by atoms with Crippen LogP contribution in [0.3, 0.4) is 0 Å². The van der Waals surface area contributed by atoms with Crippen LogP contribution in [0.1, 0.15) is 65.5 Å². The Hall–Kier alpha value is -5.02. The summed E-state index contributed by atoms with van der Waals surface area (Å²) in [5, 5.41) is 10.3. The number of benzene rings is 3. The van der Waals surface area contributed by atoms with Gasteiger partial charge in [0, 0.05) is 43.0 Å². The topological polar surface area (TPSA) is 120 Å². The molecular weight excluding hydrogens is 574 g/mol. The van der Waals surface area contributed by atoms with Crippen LogP contribution in [-0.4, -0.2) is 37.2 Å². The number of rotatable bonds is 8. The Balaban J connectivity index is 1.34. The van der Waals surface area contributed by atoms with Crippen molar-refractivity contribution in [2.45, 2.75) is 57.5 Å². The van der Waals surface area contributed by atoms with E-state index in [0.29, 0.717) is 11.4 Å². The first kappa shape index (κ1) is 31.0. The van der Waals surface area contributed by atoms with Gasteiger partial charge in [-0.15, -0.1) is 0 Å². The van der Waals surface area contributed by atoms with Gasteiger partial charge >= 0.3 is 0 Å². The second kappa shape index (κ2) is 12.4. The summed E-state index contributed by atoms with van der Waals surface area (Å²) in [6, 6.07) is 23.3. The summed E-state index contributed by atoms with van der Waals surface area (Å²) in [7, 11) is 3.68. The lowest BCUT2D eigenvalue weighted by Crippen LogP contribution is -2.48. The van der Waals surface area contributed by atoms with Crippen molar-refractivity contribution in [3.8, 4) is 22.4 Å². The Kier molecular flexibility index (Phi) is 8.35. The third kappa shape index (κ3) is 6.23. The summed E-state index contributed by atoms with van der Waals surface area (Å²) < 4.78 is 3.50. The molecule has 2 heterocycles. The number of aryl methyl sites for hydroxylation is 4. The van der Waals surface area contributed by atoms with Gasteiger partial charge in [-0.05, 0) is 92.1 Å². The highest BCUT2D eigenvalue weighted by molar-refractivity contribution is 6.01. The van der Waals surface area contributed by atoms with Crippen LogP contribution in [0.5, 0.6) is 0 Å². The second-order valence-electron chi connectivity index (χ2n) is 12.9. The highest BCUT2D eigenvalue weighted by atomic mass is 16.2. The number of hydrogen-bond donors (Lipinski definition) is 3. The number of nitrogens with zero attached hydrogens (tertiary/aromatic N) is 4. The van der Waals surface area contributed by atoms with Gasteiger partial charge in [-0.1, -0.05) is 48.5 Å². The molecule has 4 N–H and O–H groups in total. The van der Waals surface area contributed by atoms with E-state index >= 15 is 0 Å². The molecular formula is C37H41N7O2. The van der Waals surface area contributed by atoms with E-state index in [1.807, 2.05) is 68.8 Å². The molecule has 1 unspecified atom stereocenters. The lowest BCUT2D eigenvalue weighted by atomic mass is 9.77. The van der Waals surface area contributed by atoms with Crippen molar-refractivity contribution in [1.29, 1.82) is 0 Å². The molecule has 3 aromatic carbocycles. The Morgan fingerprint density at radius 3 is 2.39 bits per heavy atom. The SMILES string of the molecule is Cc1ncn(C)c1-c1ccc(NC(=O)C(NC(=O)c2ccnn2C)[C@@H]2CCCc3ccc(-c4cccc(C(C)(C)N)c4)cc32)cc1. The van der Waals surface area contributed by atoms with Gasteiger partial charge in [0.15, 0.2) is 0 Å². The van der Waals surface area contributed by atoms with Crippen molar-refractivity contribution < 1.29 is 9.59 Å². The third-order valence-corrected chi connectivity index (χ3v) is 9.02. The van der Waals surface area contributed by atoms with Crippen molar-refractivity contribution in [1.82, 2.24) is 24.6 Å². The maximum atomic E-state index is 14.2. The van der Waals surface area contributed by atoms with Gasteiger partial charge in [0.25, 0.3) is 5.91 Å². The molecule has 0 bridgehead atoms. The Morgan fingerprint density at radius 2 is 1.72 bits per heavy atom. The smallest absolute Gasteiger partial charge is 0.270 e. The normalized spacial score (nSPS) is 15.2. The van der Waals surface area contributed by atoms with Crippen molar-refractivity contribution in [2.24, 2.45) is 19.8 Å². The van der Waals surface area contributed by atoms with Gasteiger partial charge in [-0.3, -0.25) is 14.3 Å². The number of carbonyl (C=O) groups is 2. The Morgan fingerprint density at radius 1 is 0.978 bits per heavy atom. The molecule has 0 saturated heterocycles. The zero-order valence-corrected chi connectivity index (χ0v) is 27.0. The van der Waals surface area contributed by atoms with Crippen LogP contribution in [0.25, 0.3) is 22.4 Å². The van der Waals surface area contributed by atoms with E-state index in [4.69, 9.17) is 5.73 Å². The van der Waals surface area contributed by atoms with Crippen molar-refractivity contribution in [3.63, 3.8) is 0 Å². The van der Waals surface area contributed by atoms with E-state index in [-0.39, 0.29) is 17.7 Å². The zero-order chi connectivity index (χ0) is 32.6. The summed E-state index contributed by atoms with van der Waals surface area (Å²) in [4.78, 5) is 32.1. The van der Waals surface area contributed by atoms with Gasteiger partial charge in [0.05, 0.1) is 17.7 Å². The summed E-state index contributed by atoms with van der Waals surface area (Å²) in [6.45, 7) is 5.97. The van der Waals surface area contributed by atoms with Crippen molar-refractivity contribution in [2.75, 3.05) is 5.32 Å². The predicted octanol–water partition coefficient (Wildman–Crippen LogP) is 5.85. The summed E-state index contributed by atoms with van der Waals surface area (Å²) in [6.07, 6.45) is 5.96. The molecule has 9 nitrogen and oxygen atoms in total. The van der Waals surface area contributed by atoms with Crippen LogP contribution < -0.4 is 16.4 Å². The second-order valence-corrected chi connectivity index (χ2v) is 12.9. The molecule has 0 aliphatic heterocycles. The molecule has 236 valence electrons. The monoisotopic (exact) mass is 615 g/mol. The van der Waals surface area contributed by atoms with Gasteiger partial charge < -0.3 is 20.9 Å². The number of hydrogen-bond acceptors (Lipinski definition) is 5. The largest absolute Gasteiger partial charge is 0.338 e. The molecule has 0 saturated carbocycles. The van der Waals surface area contributed by atoms with E-state index in [1.165, 1.54) is 10.2 Å². The van der Waals surface area contributed by atoms with Crippen LogP contribution in [-0.2, 0) is 30.8 Å². The van der Waals surface area contributed by atoms with E-state index in [9.17, 15) is 9.59 Å². The minimum Gasteiger partial charge on any atom is -0.338 e. The fourth-order valence-electron chi connectivity index (χ4n) is 6.51. The Bertz CT molecular complexity index is 1880. The molecule has 0 spiro atoms. The van der Waals surface area contributed by atoms with Crippen LogP contribution in [0.2, 0.25) is 0 Å². The van der Waals surface area contributed by atoms with Crippen molar-refractivity contribution in [3.05, 3.63) is 113 Å². The Labute approximate surface area is 269 Å². The highest BCUT2D eigenvalue weighted by Crippen LogP contribution is 2.38. The highest BCUT2D eigenvalue weighted by Gasteiger charge is 2.35. The number of imidazole rings is 1.